The highest BCUT2D eigenvalue weighted by Crippen LogP contribution is 2.06. The number of carbonyl (C=O) groups excluding carboxylic acids is 1. The molecule has 0 radical (unpaired) electrons. The first-order chi connectivity index (χ1) is 6.26. The smallest absolute Gasteiger partial charge is 0.408 e. The van der Waals surface area contributed by atoms with Crippen LogP contribution in [0, 0.1) is 0 Å². The summed E-state index contributed by atoms with van der Waals surface area (Å²) in [5, 5.41) is 5.42. The van der Waals surface area contributed by atoms with Crippen LogP contribution >= 0.6 is 12.2 Å². The van der Waals surface area contributed by atoms with Crippen LogP contribution in [0.1, 0.15) is 27.7 Å². The Morgan fingerprint density at radius 3 is 2.29 bits per heavy atom. The third-order valence-electron chi connectivity index (χ3n) is 1.37. The van der Waals surface area contributed by atoms with Gasteiger partial charge in [-0.05, 0) is 27.7 Å². The van der Waals surface area contributed by atoms with E-state index >= 15 is 0 Å². The van der Waals surface area contributed by atoms with Gasteiger partial charge in [-0.2, -0.15) is 0 Å². The second kappa shape index (κ2) is 5.14. The van der Waals surface area contributed by atoms with E-state index in [2.05, 4.69) is 10.6 Å². The summed E-state index contributed by atoms with van der Waals surface area (Å²) >= 11 is 4.96. The first-order valence-electron chi connectivity index (χ1n) is 4.47. The largest absolute Gasteiger partial charge is 0.444 e. The molecule has 1 atom stereocenters. The van der Waals surface area contributed by atoms with Gasteiger partial charge >= 0.3 is 6.09 Å². The van der Waals surface area contributed by atoms with Crippen LogP contribution < -0.4 is 10.6 Å². The zero-order valence-corrected chi connectivity index (χ0v) is 10.1. The molecule has 0 aromatic rings. The van der Waals surface area contributed by atoms with E-state index < -0.39 is 11.7 Å². The van der Waals surface area contributed by atoms with Crippen molar-refractivity contribution in [1.29, 1.82) is 0 Å². The van der Waals surface area contributed by atoms with Gasteiger partial charge in [-0.15, -0.1) is 0 Å². The van der Waals surface area contributed by atoms with E-state index in [1.54, 1.807) is 14.0 Å². The lowest BCUT2D eigenvalue weighted by Gasteiger charge is -2.22. The highest BCUT2D eigenvalue weighted by Gasteiger charge is 2.18. The molecular weight excluding hydrogens is 200 g/mol. The van der Waals surface area contributed by atoms with E-state index in [1.807, 2.05) is 20.8 Å². The first kappa shape index (κ1) is 13.2. The molecule has 4 nitrogen and oxygen atoms in total. The molecule has 0 saturated carbocycles. The van der Waals surface area contributed by atoms with Crippen LogP contribution in [0.2, 0.25) is 0 Å². The van der Waals surface area contributed by atoms with Gasteiger partial charge in [-0.25, -0.2) is 4.79 Å². The number of carbonyl (C=O) groups is 1. The summed E-state index contributed by atoms with van der Waals surface area (Å²) in [5.41, 5.74) is -0.481. The fourth-order valence-corrected chi connectivity index (χ4v) is 0.825. The Labute approximate surface area is 90.4 Å². The van der Waals surface area contributed by atoms with E-state index in [9.17, 15) is 4.79 Å². The lowest BCUT2D eigenvalue weighted by molar-refractivity contribution is 0.0521. The van der Waals surface area contributed by atoms with Gasteiger partial charge in [0.25, 0.3) is 0 Å². The number of alkyl carbamates (subject to hydrolysis) is 1. The first-order valence-corrected chi connectivity index (χ1v) is 4.88. The molecule has 0 saturated heterocycles. The molecule has 2 N–H and O–H groups in total. The van der Waals surface area contributed by atoms with Crippen molar-refractivity contribution in [3.63, 3.8) is 0 Å². The maximum Gasteiger partial charge on any atom is 0.408 e. The van der Waals surface area contributed by atoms with Gasteiger partial charge in [0.2, 0.25) is 0 Å². The summed E-state index contributed by atoms with van der Waals surface area (Å²) in [6.07, 6.45) is -0.456. The van der Waals surface area contributed by atoms with Crippen molar-refractivity contribution in [3.8, 4) is 0 Å². The molecule has 14 heavy (non-hydrogen) atoms. The van der Waals surface area contributed by atoms with Gasteiger partial charge in [-0.3, -0.25) is 0 Å². The molecule has 0 aromatic heterocycles. The van der Waals surface area contributed by atoms with E-state index in [4.69, 9.17) is 17.0 Å². The summed E-state index contributed by atoms with van der Waals surface area (Å²) in [6, 6.07) is -0.218. The molecule has 5 heteroatoms. The number of amides is 1. The van der Waals surface area contributed by atoms with E-state index in [-0.39, 0.29) is 6.04 Å². The molecule has 0 heterocycles. The number of likely N-dealkylation sites (N-methyl/N-ethyl adjacent to an activating group) is 1. The van der Waals surface area contributed by atoms with E-state index in [0.717, 1.165) is 0 Å². The zero-order valence-electron chi connectivity index (χ0n) is 9.30. The Hall–Kier alpha value is -0.840. The molecule has 0 aliphatic carbocycles. The van der Waals surface area contributed by atoms with Gasteiger partial charge in [0.15, 0.2) is 0 Å². The Morgan fingerprint density at radius 1 is 1.43 bits per heavy atom. The SMILES string of the molecule is CNC(=S)[C@@H](C)NC(=O)OC(C)(C)C. The van der Waals surface area contributed by atoms with Crippen molar-refractivity contribution in [3.05, 3.63) is 0 Å². The van der Waals surface area contributed by atoms with Crippen molar-refractivity contribution >= 4 is 23.3 Å². The number of thiocarbonyl (C=S) groups is 1. The lowest BCUT2D eigenvalue weighted by atomic mass is 10.2. The molecule has 1 amide bonds. The fraction of sp³-hybridized carbons (Fsp3) is 0.778. The van der Waals surface area contributed by atoms with Crippen LogP contribution in [0.25, 0.3) is 0 Å². The molecule has 0 unspecified atom stereocenters. The molecule has 0 aliphatic rings. The van der Waals surface area contributed by atoms with Crippen LogP contribution in [0.3, 0.4) is 0 Å². The second-order valence-corrected chi connectivity index (χ2v) is 4.42. The highest BCUT2D eigenvalue weighted by molar-refractivity contribution is 7.80. The zero-order chi connectivity index (χ0) is 11.4. The average Bonchev–Trinajstić information content (AvgIpc) is 1.99. The van der Waals surface area contributed by atoms with Gasteiger partial charge in [0, 0.05) is 7.05 Å². The number of rotatable bonds is 2. The minimum absolute atomic E-state index is 0.218. The predicted octanol–water partition coefficient (Wildman–Crippen LogP) is 1.45. The summed E-state index contributed by atoms with van der Waals surface area (Å²) < 4.78 is 5.07. The van der Waals surface area contributed by atoms with E-state index in [1.165, 1.54) is 0 Å². The maximum atomic E-state index is 11.3. The molecule has 0 fully saturated rings. The van der Waals surface area contributed by atoms with Crippen LogP contribution in [-0.2, 0) is 4.74 Å². The molecule has 0 spiro atoms. The Morgan fingerprint density at radius 2 is 1.93 bits per heavy atom. The van der Waals surface area contributed by atoms with Crippen molar-refractivity contribution in [1.82, 2.24) is 10.6 Å². The van der Waals surface area contributed by atoms with Crippen molar-refractivity contribution in [2.45, 2.75) is 39.3 Å². The quantitative estimate of drug-likeness (QED) is 0.689. The average molecular weight is 218 g/mol. The number of hydrogen-bond acceptors (Lipinski definition) is 3. The number of hydrogen-bond donors (Lipinski definition) is 2. The number of nitrogens with one attached hydrogen (secondary N) is 2. The van der Waals surface area contributed by atoms with Crippen LogP contribution in [0.15, 0.2) is 0 Å². The summed E-state index contributed by atoms with van der Waals surface area (Å²) in [4.78, 5) is 11.8. The summed E-state index contributed by atoms with van der Waals surface area (Å²) in [6.45, 7) is 7.23. The minimum Gasteiger partial charge on any atom is -0.444 e. The van der Waals surface area contributed by atoms with Crippen LogP contribution in [-0.4, -0.2) is 29.8 Å². The topological polar surface area (TPSA) is 50.4 Å². The summed E-state index contributed by atoms with van der Waals surface area (Å²) in [5.74, 6) is 0. The predicted molar refractivity (Wildman–Crippen MR) is 60.5 cm³/mol. The third-order valence-corrected chi connectivity index (χ3v) is 1.93. The Bertz CT molecular complexity index is 223. The van der Waals surface area contributed by atoms with Gasteiger partial charge < -0.3 is 15.4 Å². The van der Waals surface area contributed by atoms with E-state index in [0.29, 0.717) is 4.99 Å². The highest BCUT2D eigenvalue weighted by atomic mass is 32.1. The fourth-order valence-electron chi connectivity index (χ4n) is 0.766. The monoisotopic (exact) mass is 218 g/mol. The number of ether oxygens (including phenoxy) is 1. The van der Waals surface area contributed by atoms with Crippen molar-refractivity contribution < 1.29 is 9.53 Å². The molecule has 82 valence electrons. The molecule has 0 aromatic carbocycles. The van der Waals surface area contributed by atoms with Gasteiger partial charge in [0.05, 0.1) is 11.0 Å². The molecule has 0 aliphatic heterocycles. The van der Waals surface area contributed by atoms with Crippen molar-refractivity contribution in [2.24, 2.45) is 0 Å². The van der Waals surface area contributed by atoms with Crippen molar-refractivity contribution in [2.75, 3.05) is 7.05 Å². The second-order valence-electron chi connectivity index (χ2n) is 3.98. The van der Waals surface area contributed by atoms with Crippen LogP contribution in [0.5, 0.6) is 0 Å². The summed E-state index contributed by atoms with van der Waals surface area (Å²) in [7, 11) is 1.72. The Kier molecular flexibility index (Phi) is 4.83. The molecule has 0 bridgehead atoms. The van der Waals surface area contributed by atoms with Crippen LogP contribution in [0.4, 0.5) is 4.79 Å². The normalized spacial score (nSPS) is 12.9. The maximum absolute atomic E-state index is 11.3. The molecular formula is C9H18N2O2S. The third kappa shape index (κ3) is 5.75. The standard InChI is InChI=1S/C9H18N2O2S/c1-6(7(14)10-5)11-8(12)13-9(2,3)4/h6H,1-5H3,(H,10,14)(H,11,12)/t6-/m1/s1. The minimum atomic E-state index is -0.481. The lowest BCUT2D eigenvalue weighted by Crippen LogP contribution is -2.44. The Balaban J connectivity index is 4.01. The van der Waals surface area contributed by atoms with Gasteiger partial charge in [-0.1, -0.05) is 12.2 Å². The molecule has 0 rings (SSSR count). The van der Waals surface area contributed by atoms with Gasteiger partial charge in [0.1, 0.15) is 5.60 Å².